The summed E-state index contributed by atoms with van der Waals surface area (Å²) in [6.45, 7) is 0.691. The molecule has 0 aromatic heterocycles. The lowest BCUT2D eigenvalue weighted by atomic mass is 9.95. The molecule has 2 N–H and O–H groups in total. The van der Waals surface area contributed by atoms with Crippen molar-refractivity contribution in [3.05, 3.63) is 66.2 Å². The number of para-hydroxylation sites is 1. The lowest BCUT2D eigenvalue weighted by molar-refractivity contribution is -0.120. The van der Waals surface area contributed by atoms with Crippen molar-refractivity contribution >= 4 is 11.6 Å². The Bertz CT molecular complexity index is 644. The van der Waals surface area contributed by atoms with Crippen LogP contribution in [0.5, 0.6) is 0 Å². The van der Waals surface area contributed by atoms with E-state index in [-0.39, 0.29) is 23.9 Å². The summed E-state index contributed by atoms with van der Waals surface area (Å²) in [4.78, 5) is 14.8. The van der Waals surface area contributed by atoms with E-state index < -0.39 is 0 Å². The largest absolute Gasteiger partial charge is 0.303 e. The second-order valence-electron chi connectivity index (χ2n) is 5.56. The molecule has 3 unspecified atom stereocenters. The Morgan fingerprint density at radius 2 is 1.62 bits per heavy atom. The molecule has 0 radical (unpaired) electrons. The zero-order valence-electron chi connectivity index (χ0n) is 11.6. The molecule has 0 aliphatic carbocycles. The maximum Gasteiger partial charge on any atom is 0.233 e. The van der Waals surface area contributed by atoms with Crippen LogP contribution in [0.2, 0.25) is 0 Å². The molecule has 2 aromatic rings. The highest BCUT2D eigenvalue weighted by atomic mass is 16.2. The van der Waals surface area contributed by atoms with Crippen LogP contribution in [-0.2, 0) is 4.79 Å². The number of hydrogen-bond acceptors (Lipinski definition) is 3. The molecule has 2 saturated heterocycles. The number of benzene rings is 2. The van der Waals surface area contributed by atoms with Gasteiger partial charge < -0.3 is 4.90 Å². The van der Waals surface area contributed by atoms with Crippen LogP contribution in [0.15, 0.2) is 60.7 Å². The summed E-state index contributed by atoms with van der Waals surface area (Å²) in [7, 11) is 0. The van der Waals surface area contributed by atoms with Gasteiger partial charge in [-0.1, -0.05) is 48.5 Å². The average Bonchev–Trinajstić information content (AvgIpc) is 3.11. The summed E-state index contributed by atoms with van der Waals surface area (Å²) in [5, 5.41) is 0. The number of rotatable bonds is 2. The quantitative estimate of drug-likeness (QED) is 0.882. The average molecular weight is 279 g/mol. The van der Waals surface area contributed by atoms with Gasteiger partial charge in [0.15, 0.2) is 0 Å². The van der Waals surface area contributed by atoms with Gasteiger partial charge in [0, 0.05) is 12.2 Å². The van der Waals surface area contributed by atoms with Crippen LogP contribution in [0.1, 0.15) is 11.6 Å². The molecule has 0 saturated carbocycles. The van der Waals surface area contributed by atoms with Gasteiger partial charge in [-0.25, -0.2) is 0 Å². The van der Waals surface area contributed by atoms with E-state index in [4.69, 9.17) is 0 Å². The molecular formula is C17H17N3O. The van der Waals surface area contributed by atoms with E-state index in [1.165, 1.54) is 5.56 Å². The normalized spacial score (nSPS) is 27.9. The second-order valence-corrected chi connectivity index (χ2v) is 5.56. The Morgan fingerprint density at radius 3 is 2.33 bits per heavy atom. The van der Waals surface area contributed by atoms with Crippen molar-refractivity contribution in [1.82, 2.24) is 10.9 Å². The van der Waals surface area contributed by atoms with Crippen molar-refractivity contribution in [3.63, 3.8) is 0 Å². The number of amides is 1. The molecule has 4 heteroatoms. The van der Waals surface area contributed by atoms with Crippen molar-refractivity contribution in [3.8, 4) is 0 Å². The number of carbonyl (C=O) groups excluding carboxylic acids is 1. The molecule has 2 heterocycles. The van der Waals surface area contributed by atoms with Crippen molar-refractivity contribution in [2.24, 2.45) is 5.92 Å². The van der Waals surface area contributed by atoms with Crippen LogP contribution in [0, 0.1) is 5.92 Å². The maximum atomic E-state index is 12.8. The molecule has 4 rings (SSSR count). The van der Waals surface area contributed by atoms with Gasteiger partial charge in [0.2, 0.25) is 5.91 Å². The van der Waals surface area contributed by atoms with E-state index in [0.717, 1.165) is 5.69 Å². The first kappa shape index (κ1) is 12.6. The van der Waals surface area contributed by atoms with Crippen molar-refractivity contribution in [1.29, 1.82) is 0 Å². The lowest BCUT2D eigenvalue weighted by Crippen LogP contribution is -2.39. The van der Waals surface area contributed by atoms with E-state index >= 15 is 0 Å². The minimum atomic E-state index is -0.00425. The Morgan fingerprint density at radius 1 is 0.952 bits per heavy atom. The number of hydrazine groups is 1. The minimum absolute atomic E-state index is 0.00425. The SMILES string of the molecule is O=C1C2CNNC2C(c2ccccc2)N1c1ccccc1. The van der Waals surface area contributed by atoms with Crippen LogP contribution in [-0.4, -0.2) is 18.5 Å². The molecule has 21 heavy (non-hydrogen) atoms. The predicted octanol–water partition coefficient (Wildman–Crippen LogP) is 1.87. The number of carbonyl (C=O) groups is 1. The Labute approximate surface area is 123 Å². The number of anilines is 1. The molecule has 3 atom stereocenters. The third-order valence-electron chi connectivity index (χ3n) is 4.37. The fraction of sp³-hybridized carbons (Fsp3) is 0.235. The first-order chi connectivity index (χ1) is 10.4. The van der Waals surface area contributed by atoms with Gasteiger partial charge in [0.05, 0.1) is 18.0 Å². The molecule has 4 nitrogen and oxygen atoms in total. The molecule has 2 fully saturated rings. The third kappa shape index (κ3) is 1.95. The molecule has 2 aliphatic heterocycles. The summed E-state index contributed by atoms with van der Waals surface area (Å²) >= 11 is 0. The highest BCUT2D eigenvalue weighted by Crippen LogP contribution is 2.41. The van der Waals surface area contributed by atoms with Gasteiger partial charge in [0.25, 0.3) is 0 Å². The van der Waals surface area contributed by atoms with Crippen LogP contribution in [0.3, 0.4) is 0 Å². The topological polar surface area (TPSA) is 44.4 Å². The summed E-state index contributed by atoms with van der Waals surface area (Å²) < 4.78 is 0. The highest BCUT2D eigenvalue weighted by Gasteiger charge is 2.51. The van der Waals surface area contributed by atoms with E-state index in [9.17, 15) is 4.79 Å². The van der Waals surface area contributed by atoms with Crippen LogP contribution >= 0.6 is 0 Å². The molecule has 2 aromatic carbocycles. The lowest BCUT2D eigenvalue weighted by Gasteiger charge is -2.28. The number of nitrogens with zero attached hydrogens (tertiary/aromatic N) is 1. The summed E-state index contributed by atoms with van der Waals surface area (Å²) in [5.41, 5.74) is 8.54. The Balaban J connectivity index is 1.81. The van der Waals surface area contributed by atoms with Crippen molar-refractivity contribution in [2.75, 3.05) is 11.4 Å². The smallest absolute Gasteiger partial charge is 0.233 e. The predicted molar refractivity (Wildman–Crippen MR) is 81.5 cm³/mol. The number of fused-ring (bicyclic) bond motifs is 1. The first-order valence-electron chi connectivity index (χ1n) is 7.28. The molecule has 1 amide bonds. The summed E-state index contributed by atoms with van der Waals surface area (Å²) in [6.07, 6.45) is 0. The van der Waals surface area contributed by atoms with E-state index in [0.29, 0.717) is 6.54 Å². The van der Waals surface area contributed by atoms with Gasteiger partial charge in [-0.05, 0) is 17.7 Å². The molecule has 0 bridgehead atoms. The van der Waals surface area contributed by atoms with Crippen LogP contribution < -0.4 is 15.8 Å². The van der Waals surface area contributed by atoms with Crippen LogP contribution in [0.4, 0.5) is 5.69 Å². The first-order valence-corrected chi connectivity index (χ1v) is 7.28. The maximum absolute atomic E-state index is 12.8. The van der Waals surface area contributed by atoms with Crippen molar-refractivity contribution < 1.29 is 4.79 Å². The summed E-state index contributed by atoms with van der Waals surface area (Å²) in [5.74, 6) is 0.188. The van der Waals surface area contributed by atoms with Gasteiger partial charge >= 0.3 is 0 Å². The second kappa shape index (κ2) is 4.98. The van der Waals surface area contributed by atoms with E-state index in [1.54, 1.807) is 0 Å². The van der Waals surface area contributed by atoms with Gasteiger partial charge in [-0.3, -0.25) is 15.6 Å². The molecule has 106 valence electrons. The zero-order valence-corrected chi connectivity index (χ0v) is 11.6. The molecule has 2 aliphatic rings. The highest BCUT2D eigenvalue weighted by molar-refractivity contribution is 5.99. The van der Waals surface area contributed by atoms with Gasteiger partial charge in [-0.15, -0.1) is 0 Å². The van der Waals surface area contributed by atoms with E-state index in [1.807, 2.05) is 53.4 Å². The van der Waals surface area contributed by atoms with Gasteiger partial charge in [0.1, 0.15) is 0 Å². The zero-order chi connectivity index (χ0) is 14.2. The fourth-order valence-corrected chi connectivity index (χ4v) is 3.41. The monoisotopic (exact) mass is 279 g/mol. The standard InChI is InChI=1S/C17H17N3O/c21-17-14-11-18-19-15(14)16(12-7-3-1-4-8-12)20(17)13-9-5-2-6-10-13/h1-10,14-16,18-19H,11H2. The minimum Gasteiger partial charge on any atom is -0.303 e. The van der Waals surface area contributed by atoms with E-state index in [2.05, 4.69) is 23.0 Å². The van der Waals surface area contributed by atoms with Crippen LogP contribution in [0.25, 0.3) is 0 Å². The number of hydrogen-bond donors (Lipinski definition) is 2. The Hall–Kier alpha value is -2.17. The molecule has 0 spiro atoms. The molecular weight excluding hydrogens is 262 g/mol. The Kier molecular flexibility index (Phi) is 2.98. The number of nitrogens with one attached hydrogen (secondary N) is 2. The van der Waals surface area contributed by atoms with Crippen molar-refractivity contribution in [2.45, 2.75) is 12.1 Å². The third-order valence-corrected chi connectivity index (χ3v) is 4.37. The fourth-order valence-electron chi connectivity index (χ4n) is 3.41. The summed E-state index contributed by atoms with van der Waals surface area (Å²) in [6, 6.07) is 20.3. The van der Waals surface area contributed by atoms with Gasteiger partial charge in [-0.2, -0.15) is 0 Å².